The minimum absolute atomic E-state index is 0.144. The van der Waals surface area contributed by atoms with Crippen molar-refractivity contribution in [2.24, 2.45) is 5.73 Å². The van der Waals surface area contributed by atoms with Crippen molar-refractivity contribution in [3.63, 3.8) is 0 Å². The number of rotatable bonds is 3. The molecule has 2 rings (SSSR count). The van der Waals surface area contributed by atoms with Crippen LogP contribution in [0.4, 0.5) is 4.39 Å². The van der Waals surface area contributed by atoms with Crippen molar-refractivity contribution in [1.82, 2.24) is 4.98 Å². The zero-order valence-electron chi connectivity index (χ0n) is 9.35. The first-order chi connectivity index (χ1) is 8.11. The number of thiazole rings is 1. The predicted molar refractivity (Wildman–Crippen MR) is 66.3 cm³/mol. The van der Waals surface area contributed by atoms with E-state index in [9.17, 15) is 9.50 Å². The Hall–Kier alpha value is -1.30. The minimum Gasteiger partial charge on any atom is -0.385 e. The van der Waals surface area contributed by atoms with Gasteiger partial charge in [-0.1, -0.05) is 0 Å². The molecule has 0 bridgehead atoms. The van der Waals surface area contributed by atoms with E-state index in [2.05, 4.69) is 4.98 Å². The third kappa shape index (κ3) is 2.52. The molecule has 1 aromatic heterocycles. The fraction of sp³-hybridized carbons (Fsp3) is 0.250. The molecule has 0 aliphatic heterocycles. The highest BCUT2D eigenvalue weighted by atomic mass is 32.1. The van der Waals surface area contributed by atoms with E-state index in [1.807, 2.05) is 0 Å². The van der Waals surface area contributed by atoms with Gasteiger partial charge in [-0.2, -0.15) is 0 Å². The number of aliphatic hydroxyl groups excluding tert-OH is 1. The van der Waals surface area contributed by atoms with Gasteiger partial charge in [-0.15, -0.1) is 11.3 Å². The number of benzene rings is 1. The van der Waals surface area contributed by atoms with E-state index in [1.54, 1.807) is 24.4 Å². The maximum absolute atomic E-state index is 13.1. The molecule has 0 amide bonds. The van der Waals surface area contributed by atoms with Crippen LogP contribution < -0.4 is 5.73 Å². The van der Waals surface area contributed by atoms with E-state index in [0.29, 0.717) is 11.3 Å². The number of aromatic nitrogens is 1. The van der Waals surface area contributed by atoms with Gasteiger partial charge in [0.25, 0.3) is 0 Å². The number of aliphatic hydroxyl groups is 1. The molecule has 3 N–H and O–H groups in total. The lowest BCUT2D eigenvalue weighted by Gasteiger charge is -2.02. The summed E-state index contributed by atoms with van der Waals surface area (Å²) in [6.07, 6.45) is -0.735. The van der Waals surface area contributed by atoms with Gasteiger partial charge in [0.15, 0.2) is 0 Å². The van der Waals surface area contributed by atoms with E-state index in [0.717, 1.165) is 10.6 Å². The Bertz CT molecular complexity index is 527. The fourth-order valence-electron chi connectivity index (χ4n) is 1.47. The van der Waals surface area contributed by atoms with Gasteiger partial charge in [-0.3, -0.25) is 0 Å². The summed E-state index contributed by atoms with van der Waals surface area (Å²) in [6, 6.07) is 4.84. The van der Waals surface area contributed by atoms with Gasteiger partial charge >= 0.3 is 0 Å². The highest BCUT2D eigenvalue weighted by Crippen LogP contribution is 2.27. The van der Waals surface area contributed by atoms with E-state index in [1.165, 1.54) is 17.4 Å². The summed E-state index contributed by atoms with van der Waals surface area (Å²) < 4.78 is 13.1. The molecule has 0 aliphatic rings. The number of halogens is 1. The molecule has 1 heterocycles. The van der Waals surface area contributed by atoms with E-state index in [-0.39, 0.29) is 12.4 Å². The molecule has 1 atom stereocenters. The van der Waals surface area contributed by atoms with Crippen molar-refractivity contribution >= 4 is 11.3 Å². The molecule has 0 saturated heterocycles. The Balaban J connectivity index is 2.33. The predicted octanol–water partition coefficient (Wildman–Crippen LogP) is 2.25. The Kier molecular flexibility index (Phi) is 3.51. The lowest BCUT2D eigenvalue weighted by molar-refractivity contribution is 0.182. The van der Waals surface area contributed by atoms with Crippen molar-refractivity contribution in [3.05, 3.63) is 40.7 Å². The van der Waals surface area contributed by atoms with Crippen molar-refractivity contribution in [3.8, 4) is 10.6 Å². The van der Waals surface area contributed by atoms with Gasteiger partial charge in [-0.25, -0.2) is 9.37 Å². The Morgan fingerprint density at radius 2 is 2.29 bits per heavy atom. The Morgan fingerprint density at radius 1 is 1.53 bits per heavy atom. The SMILES string of the molecule is Cc1cc(-c2nc(C(O)CN)cs2)ccc1F. The first-order valence-electron chi connectivity index (χ1n) is 5.22. The van der Waals surface area contributed by atoms with Crippen molar-refractivity contribution in [1.29, 1.82) is 0 Å². The van der Waals surface area contributed by atoms with Gasteiger partial charge in [-0.05, 0) is 30.7 Å². The first-order valence-corrected chi connectivity index (χ1v) is 6.10. The van der Waals surface area contributed by atoms with Crippen LogP contribution in [0, 0.1) is 12.7 Å². The number of hydrogen-bond acceptors (Lipinski definition) is 4. The van der Waals surface area contributed by atoms with Crippen molar-refractivity contribution in [2.75, 3.05) is 6.54 Å². The first kappa shape index (κ1) is 12.2. The topological polar surface area (TPSA) is 59.1 Å². The van der Waals surface area contributed by atoms with Crippen LogP contribution in [0.2, 0.25) is 0 Å². The second-order valence-corrected chi connectivity index (χ2v) is 4.65. The standard InChI is InChI=1S/C12H13FN2OS/c1-7-4-8(2-3-9(7)13)12-15-10(6-17-12)11(16)5-14/h2-4,6,11,16H,5,14H2,1H3. The highest BCUT2D eigenvalue weighted by molar-refractivity contribution is 7.13. The lowest BCUT2D eigenvalue weighted by Crippen LogP contribution is -2.11. The summed E-state index contributed by atoms with van der Waals surface area (Å²) >= 11 is 1.41. The molecule has 2 aromatic rings. The average molecular weight is 252 g/mol. The van der Waals surface area contributed by atoms with Crippen LogP contribution >= 0.6 is 11.3 Å². The molecular formula is C12H13FN2OS. The molecule has 0 radical (unpaired) electrons. The molecule has 5 heteroatoms. The van der Waals surface area contributed by atoms with Gasteiger partial charge < -0.3 is 10.8 Å². The minimum atomic E-state index is -0.735. The van der Waals surface area contributed by atoms with Crippen molar-refractivity contribution < 1.29 is 9.50 Å². The molecule has 3 nitrogen and oxygen atoms in total. The number of hydrogen-bond donors (Lipinski definition) is 2. The van der Waals surface area contributed by atoms with Gasteiger partial charge in [0.1, 0.15) is 16.9 Å². The van der Waals surface area contributed by atoms with Crippen LogP contribution in [0.15, 0.2) is 23.6 Å². The largest absolute Gasteiger partial charge is 0.385 e. The second-order valence-electron chi connectivity index (χ2n) is 3.79. The van der Waals surface area contributed by atoms with Crippen LogP contribution in [-0.4, -0.2) is 16.6 Å². The maximum atomic E-state index is 13.1. The summed E-state index contributed by atoms with van der Waals surface area (Å²) in [5.41, 5.74) is 7.36. The van der Waals surface area contributed by atoms with E-state index < -0.39 is 6.10 Å². The molecule has 1 unspecified atom stereocenters. The quantitative estimate of drug-likeness (QED) is 0.880. The monoisotopic (exact) mass is 252 g/mol. The molecule has 0 saturated carbocycles. The normalized spacial score (nSPS) is 12.7. The third-order valence-corrected chi connectivity index (χ3v) is 3.40. The summed E-state index contributed by atoms with van der Waals surface area (Å²) in [6.45, 7) is 1.85. The van der Waals surface area contributed by atoms with Crippen molar-refractivity contribution in [2.45, 2.75) is 13.0 Å². The Morgan fingerprint density at radius 3 is 2.94 bits per heavy atom. The molecule has 1 aromatic carbocycles. The van der Waals surface area contributed by atoms with E-state index in [4.69, 9.17) is 5.73 Å². The maximum Gasteiger partial charge on any atom is 0.126 e. The van der Waals surface area contributed by atoms with Gasteiger partial charge in [0.2, 0.25) is 0 Å². The molecule has 90 valence electrons. The zero-order valence-corrected chi connectivity index (χ0v) is 10.2. The fourth-order valence-corrected chi connectivity index (χ4v) is 2.33. The van der Waals surface area contributed by atoms with Crippen LogP contribution in [0.1, 0.15) is 17.4 Å². The van der Waals surface area contributed by atoms with E-state index >= 15 is 0 Å². The smallest absolute Gasteiger partial charge is 0.126 e. The molecule has 0 spiro atoms. The zero-order chi connectivity index (χ0) is 12.4. The molecule has 0 fully saturated rings. The summed E-state index contributed by atoms with van der Waals surface area (Å²) in [4.78, 5) is 4.29. The number of nitrogens with zero attached hydrogens (tertiary/aromatic N) is 1. The highest BCUT2D eigenvalue weighted by Gasteiger charge is 2.11. The summed E-state index contributed by atoms with van der Waals surface area (Å²) in [7, 11) is 0. The number of nitrogens with two attached hydrogens (primary N) is 1. The van der Waals surface area contributed by atoms with Crippen LogP contribution in [0.25, 0.3) is 10.6 Å². The van der Waals surface area contributed by atoms with Gasteiger partial charge in [0, 0.05) is 17.5 Å². The summed E-state index contributed by atoms with van der Waals surface area (Å²) in [5.74, 6) is -0.229. The van der Waals surface area contributed by atoms with Crippen LogP contribution in [0.5, 0.6) is 0 Å². The molecule has 0 aliphatic carbocycles. The van der Waals surface area contributed by atoms with Crippen LogP contribution in [-0.2, 0) is 0 Å². The lowest BCUT2D eigenvalue weighted by atomic mass is 10.1. The molecular weight excluding hydrogens is 239 g/mol. The summed E-state index contributed by atoms with van der Waals surface area (Å²) in [5, 5.41) is 12.1. The average Bonchev–Trinajstić information content (AvgIpc) is 2.81. The van der Waals surface area contributed by atoms with Crippen LogP contribution in [0.3, 0.4) is 0 Å². The van der Waals surface area contributed by atoms with Gasteiger partial charge in [0.05, 0.1) is 5.69 Å². The number of aryl methyl sites for hydroxylation is 1. The Labute approximate surface area is 103 Å². The molecule has 17 heavy (non-hydrogen) atoms. The second kappa shape index (κ2) is 4.91. The third-order valence-electron chi connectivity index (χ3n) is 2.49.